The molecule has 0 aromatic rings. The maximum atomic E-state index is 13.2. The topological polar surface area (TPSA) is 102 Å². The van der Waals surface area contributed by atoms with Gasteiger partial charge in [0.1, 0.15) is 6.04 Å². The second-order valence-corrected chi connectivity index (χ2v) is 10.4. The van der Waals surface area contributed by atoms with Gasteiger partial charge in [0.25, 0.3) is 0 Å². The fraction of sp³-hybridized carbons (Fsp3) is 0.842. The van der Waals surface area contributed by atoms with Crippen molar-refractivity contribution in [2.24, 2.45) is 22.7 Å². The van der Waals surface area contributed by atoms with Gasteiger partial charge in [0, 0.05) is 12.1 Å². The van der Waals surface area contributed by atoms with Crippen molar-refractivity contribution in [3.05, 3.63) is 0 Å². The largest absolute Gasteiger partial charge is 0.548 e. The van der Waals surface area contributed by atoms with Crippen LogP contribution in [0, 0.1) is 22.7 Å². The molecule has 26 heavy (non-hydrogen) atoms. The van der Waals surface area contributed by atoms with Crippen molar-refractivity contribution in [2.45, 2.75) is 73.0 Å². The lowest BCUT2D eigenvalue weighted by molar-refractivity contribution is -0.311. The molecule has 1 saturated carbocycles. The van der Waals surface area contributed by atoms with Gasteiger partial charge >= 0.3 is 6.03 Å². The lowest BCUT2D eigenvalue weighted by atomic mass is 9.85. The standard InChI is InChI=1S/C19H33N3O4/c1-17(2,3)13(20-16(26)21-18(4,5)6)14(23)22-9-10-11(19(10,7)8)12(22)15(24)25/h10-13H,9H2,1-8H3,(H,24,25)(H2,20,21,26)/p-1/t10?,11-,12-,13+/m0/s1. The molecule has 2 N–H and O–H groups in total. The number of carbonyl (C=O) groups excluding carboxylic acids is 3. The molecule has 0 aromatic carbocycles. The van der Waals surface area contributed by atoms with E-state index < -0.39 is 35.0 Å². The van der Waals surface area contributed by atoms with Gasteiger partial charge in [-0.15, -0.1) is 0 Å². The number of nitrogens with one attached hydrogen (secondary N) is 2. The Bertz CT molecular complexity index is 615. The van der Waals surface area contributed by atoms with Gasteiger partial charge < -0.3 is 25.4 Å². The highest BCUT2D eigenvalue weighted by atomic mass is 16.4. The Morgan fingerprint density at radius 2 is 1.65 bits per heavy atom. The first-order valence-electron chi connectivity index (χ1n) is 9.17. The SMILES string of the molecule is CC(C)(C)NC(=O)N[C@H](C(=O)N1CC2[C@@H]([C@H]1C(=O)[O-])C2(C)C)C(C)(C)C. The fourth-order valence-electron chi connectivity index (χ4n) is 4.10. The number of nitrogens with zero attached hydrogens (tertiary/aromatic N) is 1. The summed E-state index contributed by atoms with van der Waals surface area (Å²) >= 11 is 0. The summed E-state index contributed by atoms with van der Waals surface area (Å²) in [6.45, 7) is 15.5. The maximum Gasteiger partial charge on any atom is 0.315 e. The zero-order chi connectivity index (χ0) is 20.2. The summed E-state index contributed by atoms with van der Waals surface area (Å²) in [6, 6.07) is -2.20. The van der Waals surface area contributed by atoms with E-state index in [4.69, 9.17) is 0 Å². The summed E-state index contributed by atoms with van der Waals surface area (Å²) in [5.41, 5.74) is -1.09. The van der Waals surface area contributed by atoms with E-state index in [1.54, 1.807) is 0 Å². The lowest BCUT2D eigenvalue weighted by Crippen LogP contribution is -2.61. The number of hydrogen-bond donors (Lipinski definition) is 2. The highest BCUT2D eigenvalue weighted by Crippen LogP contribution is 2.64. The quantitative estimate of drug-likeness (QED) is 0.769. The van der Waals surface area contributed by atoms with E-state index in [1.807, 2.05) is 55.4 Å². The number of amides is 3. The van der Waals surface area contributed by atoms with Crippen molar-refractivity contribution in [1.82, 2.24) is 15.5 Å². The normalized spacial score (nSPS) is 28.2. The minimum Gasteiger partial charge on any atom is -0.548 e. The first kappa shape index (κ1) is 20.5. The molecule has 1 aliphatic carbocycles. The van der Waals surface area contributed by atoms with E-state index in [9.17, 15) is 19.5 Å². The zero-order valence-electron chi connectivity index (χ0n) is 17.1. The Labute approximate surface area is 155 Å². The summed E-state index contributed by atoms with van der Waals surface area (Å²) in [7, 11) is 0. The zero-order valence-corrected chi connectivity index (χ0v) is 17.1. The number of fused-ring (bicyclic) bond motifs is 1. The first-order valence-corrected chi connectivity index (χ1v) is 9.17. The molecule has 1 aliphatic heterocycles. The van der Waals surface area contributed by atoms with E-state index in [2.05, 4.69) is 10.6 Å². The molecule has 0 spiro atoms. The van der Waals surface area contributed by atoms with Crippen LogP contribution in [0.1, 0.15) is 55.4 Å². The third-order valence-electron chi connectivity index (χ3n) is 5.61. The van der Waals surface area contributed by atoms with Crippen LogP contribution in [0.3, 0.4) is 0 Å². The van der Waals surface area contributed by atoms with E-state index in [0.717, 1.165) is 0 Å². The number of carbonyl (C=O) groups is 3. The average Bonchev–Trinajstić information content (AvgIpc) is 2.81. The van der Waals surface area contributed by atoms with Crippen molar-refractivity contribution < 1.29 is 19.5 Å². The van der Waals surface area contributed by atoms with Crippen molar-refractivity contribution in [2.75, 3.05) is 6.54 Å². The van der Waals surface area contributed by atoms with Gasteiger partial charge in [-0.1, -0.05) is 34.6 Å². The maximum absolute atomic E-state index is 13.2. The van der Waals surface area contributed by atoms with Crippen LogP contribution in [0.5, 0.6) is 0 Å². The first-order chi connectivity index (χ1) is 11.6. The number of piperidine rings is 1. The molecule has 1 unspecified atom stereocenters. The Balaban J connectivity index is 2.20. The van der Waals surface area contributed by atoms with Gasteiger partial charge in [0.05, 0.1) is 12.0 Å². The number of hydrogen-bond acceptors (Lipinski definition) is 4. The second kappa shape index (κ2) is 6.13. The van der Waals surface area contributed by atoms with Crippen LogP contribution >= 0.6 is 0 Å². The molecular weight excluding hydrogens is 334 g/mol. The molecule has 1 saturated heterocycles. The van der Waals surface area contributed by atoms with Crippen LogP contribution in [0.15, 0.2) is 0 Å². The molecular formula is C19H32N3O4-. The van der Waals surface area contributed by atoms with Crippen molar-refractivity contribution in [3.8, 4) is 0 Å². The molecule has 4 atom stereocenters. The molecule has 148 valence electrons. The highest BCUT2D eigenvalue weighted by Gasteiger charge is 2.68. The van der Waals surface area contributed by atoms with Gasteiger partial charge in [-0.2, -0.15) is 0 Å². The molecule has 0 radical (unpaired) electrons. The number of rotatable bonds is 3. The molecule has 2 rings (SSSR count). The van der Waals surface area contributed by atoms with Crippen LogP contribution < -0.4 is 15.7 Å². The molecule has 0 aromatic heterocycles. The van der Waals surface area contributed by atoms with E-state index in [0.29, 0.717) is 6.54 Å². The number of carboxylic acids is 1. The molecule has 7 heteroatoms. The van der Waals surface area contributed by atoms with Crippen LogP contribution in [0.4, 0.5) is 4.79 Å². The van der Waals surface area contributed by atoms with Crippen LogP contribution in [-0.2, 0) is 9.59 Å². The van der Waals surface area contributed by atoms with Crippen molar-refractivity contribution in [3.63, 3.8) is 0 Å². The minimum absolute atomic E-state index is 0.0829. The molecule has 7 nitrogen and oxygen atoms in total. The molecule has 2 aliphatic rings. The predicted octanol–water partition coefficient (Wildman–Crippen LogP) is 0.732. The fourth-order valence-corrected chi connectivity index (χ4v) is 4.10. The number of aliphatic carboxylic acids is 1. The molecule has 3 amide bonds. The van der Waals surface area contributed by atoms with Gasteiger partial charge in [0.2, 0.25) is 5.91 Å². The Kier molecular flexibility index (Phi) is 4.84. The summed E-state index contributed by atoms with van der Waals surface area (Å²) in [6.07, 6.45) is 0. The van der Waals surface area contributed by atoms with Crippen LogP contribution in [0.25, 0.3) is 0 Å². The Hall–Kier alpha value is -1.79. The second-order valence-electron chi connectivity index (χ2n) is 10.4. The average molecular weight is 366 g/mol. The van der Waals surface area contributed by atoms with Gasteiger partial charge in [0.15, 0.2) is 0 Å². The lowest BCUT2D eigenvalue weighted by Gasteiger charge is -2.38. The van der Waals surface area contributed by atoms with E-state index in [-0.39, 0.29) is 23.2 Å². The monoisotopic (exact) mass is 366 g/mol. The van der Waals surface area contributed by atoms with E-state index >= 15 is 0 Å². The van der Waals surface area contributed by atoms with Gasteiger partial charge in [-0.25, -0.2) is 4.79 Å². The molecule has 0 bridgehead atoms. The van der Waals surface area contributed by atoms with Crippen molar-refractivity contribution in [1.29, 1.82) is 0 Å². The summed E-state index contributed by atoms with van der Waals surface area (Å²) in [5.74, 6) is -1.50. The highest BCUT2D eigenvalue weighted by molar-refractivity contribution is 5.91. The third-order valence-corrected chi connectivity index (χ3v) is 5.61. The summed E-state index contributed by atoms with van der Waals surface area (Å²) < 4.78 is 0. The number of carboxylic acid groups (broad SMARTS) is 1. The van der Waals surface area contributed by atoms with E-state index in [1.165, 1.54) is 4.90 Å². The van der Waals surface area contributed by atoms with Gasteiger partial charge in [-0.3, -0.25) is 4.79 Å². The minimum atomic E-state index is -1.22. The van der Waals surface area contributed by atoms with Crippen LogP contribution in [-0.4, -0.2) is 47.0 Å². The smallest absolute Gasteiger partial charge is 0.315 e. The molecule has 1 heterocycles. The Morgan fingerprint density at radius 3 is 2.08 bits per heavy atom. The predicted molar refractivity (Wildman–Crippen MR) is 95.9 cm³/mol. The number of likely N-dealkylation sites (tertiary alicyclic amines) is 1. The third kappa shape index (κ3) is 3.81. The summed E-state index contributed by atoms with van der Waals surface area (Å²) in [4.78, 5) is 38.6. The summed E-state index contributed by atoms with van der Waals surface area (Å²) in [5, 5.41) is 17.2. The van der Waals surface area contributed by atoms with Crippen molar-refractivity contribution >= 4 is 17.9 Å². The molecule has 2 fully saturated rings. The van der Waals surface area contributed by atoms with Gasteiger partial charge in [-0.05, 0) is 43.4 Å². The number of urea groups is 1. The van der Waals surface area contributed by atoms with Crippen LogP contribution in [0.2, 0.25) is 0 Å². The Morgan fingerprint density at radius 1 is 1.12 bits per heavy atom.